The molecular weight excluding hydrogens is 182 g/mol. The van der Waals surface area contributed by atoms with Gasteiger partial charge in [-0.1, -0.05) is 42.7 Å². The maximum Gasteiger partial charge on any atom is 0.00418 e. The highest BCUT2D eigenvalue weighted by Gasteiger charge is 2.12. The van der Waals surface area contributed by atoms with Crippen LogP contribution in [0.2, 0.25) is 0 Å². The van der Waals surface area contributed by atoms with E-state index in [1.54, 1.807) is 0 Å². The van der Waals surface area contributed by atoms with Crippen LogP contribution >= 0.6 is 0 Å². The SMILES string of the molecule is CCC(Cc1cc(C)cc(C)c1)C(C)N. The third-order valence-electron chi connectivity index (χ3n) is 3.05. The monoisotopic (exact) mass is 205 g/mol. The van der Waals surface area contributed by atoms with E-state index in [1.807, 2.05) is 0 Å². The lowest BCUT2D eigenvalue weighted by Crippen LogP contribution is -2.27. The summed E-state index contributed by atoms with van der Waals surface area (Å²) in [4.78, 5) is 0. The molecule has 0 aliphatic carbocycles. The van der Waals surface area contributed by atoms with Gasteiger partial charge in [0.15, 0.2) is 0 Å². The lowest BCUT2D eigenvalue weighted by Gasteiger charge is -2.19. The molecule has 0 aliphatic heterocycles. The van der Waals surface area contributed by atoms with Gasteiger partial charge in [0.2, 0.25) is 0 Å². The van der Waals surface area contributed by atoms with E-state index in [-0.39, 0.29) is 6.04 Å². The Kier molecular flexibility index (Phi) is 4.34. The number of nitrogens with two attached hydrogens (primary N) is 1. The van der Waals surface area contributed by atoms with Gasteiger partial charge in [-0.3, -0.25) is 0 Å². The molecule has 0 spiro atoms. The molecule has 2 unspecified atom stereocenters. The lowest BCUT2D eigenvalue weighted by atomic mass is 9.90. The second-order valence-electron chi connectivity index (χ2n) is 4.73. The summed E-state index contributed by atoms with van der Waals surface area (Å²) in [7, 11) is 0. The molecule has 0 heterocycles. The largest absolute Gasteiger partial charge is 0.328 e. The predicted molar refractivity (Wildman–Crippen MR) is 67.1 cm³/mol. The van der Waals surface area contributed by atoms with Crippen molar-refractivity contribution in [2.75, 3.05) is 0 Å². The lowest BCUT2D eigenvalue weighted by molar-refractivity contribution is 0.427. The van der Waals surface area contributed by atoms with Crippen LogP contribution in [0.5, 0.6) is 0 Å². The first kappa shape index (κ1) is 12.3. The van der Waals surface area contributed by atoms with Gasteiger partial charge < -0.3 is 5.73 Å². The van der Waals surface area contributed by atoms with E-state index >= 15 is 0 Å². The van der Waals surface area contributed by atoms with Crippen molar-refractivity contribution in [1.29, 1.82) is 0 Å². The number of aryl methyl sites for hydroxylation is 2. The summed E-state index contributed by atoms with van der Waals surface area (Å²) >= 11 is 0. The third kappa shape index (κ3) is 3.67. The first-order chi connectivity index (χ1) is 7.02. The summed E-state index contributed by atoms with van der Waals surface area (Å²) in [5, 5.41) is 0. The molecule has 0 saturated heterocycles. The molecule has 1 aromatic rings. The quantitative estimate of drug-likeness (QED) is 0.802. The molecule has 1 nitrogen and oxygen atoms in total. The Morgan fingerprint density at radius 3 is 2.07 bits per heavy atom. The summed E-state index contributed by atoms with van der Waals surface area (Å²) in [5.41, 5.74) is 10.1. The molecule has 1 rings (SSSR count). The summed E-state index contributed by atoms with van der Waals surface area (Å²) in [6, 6.07) is 7.06. The van der Waals surface area contributed by atoms with Gasteiger partial charge in [-0.15, -0.1) is 0 Å². The molecule has 0 amide bonds. The average Bonchev–Trinajstić information content (AvgIpc) is 2.12. The number of benzene rings is 1. The Bertz CT molecular complexity index is 295. The van der Waals surface area contributed by atoms with Crippen LogP contribution < -0.4 is 5.73 Å². The Balaban J connectivity index is 2.79. The van der Waals surface area contributed by atoms with Crippen molar-refractivity contribution < 1.29 is 0 Å². The summed E-state index contributed by atoms with van der Waals surface area (Å²) < 4.78 is 0. The molecule has 0 saturated carbocycles. The molecule has 2 N–H and O–H groups in total. The van der Waals surface area contributed by atoms with Gasteiger partial charge in [0.1, 0.15) is 0 Å². The molecule has 1 heteroatoms. The van der Waals surface area contributed by atoms with E-state index < -0.39 is 0 Å². The first-order valence-corrected chi connectivity index (χ1v) is 5.85. The van der Waals surface area contributed by atoms with Gasteiger partial charge >= 0.3 is 0 Å². The van der Waals surface area contributed by atoms with Crippen molar-refractivity contribution in [1.82, 2.24) is 0 Å². The van der Waals surface area contributed by atoms with Crippen LogP contribution in [0.1, 0.15) is 37.0 Å². The maximum absolute atomic E-state index is 5.97. The van der Waals surface area contributed by atoms with E-state index in [9.17, 15) is 0 Å². The zero-order chi connectivity index (χ0) is 11.4. The predicted octanol–water partition coefficient (Wildman–Crippen LogP) is 3.22. The molecule has 84 valence electrons. The Labute approximate surface area is 93.7 Å². The second-order valence-corrected chi connectivity index (χ2v) is 4.73. The molecule has 0 aromatic heterocycles. The molecule has 2 atom stereocenters. The summed E-state index contributed by atoms with van der Waals surface area (Å²) in [5.74, 6) is 0.603. The minimum atomic E-state index is 0.288. The standard InChI is InChI=1S/C14H23N/c1-5-14(12(4)15)9-13-7-10(2)6-11(3)8-13/h6-8,12,14H,5,9,15H2,1-4H3. The summed E-state index contributed by atoms with van der Waals surface area (Å²) in [6.07, 6.45) is 2.27. The molecule has 0 fully saturated rings. The third-order valence-corrected chi connectivity index (χ3v) is 3.05. The minimum absolute atomic E-state index is 0.288. The Morgan fingerprint density at radius 1 is 1.13 bits per heavy atom. The van der Waals surface area contributed by atoms with Crippen LogP contribution in [0.3, 0.4) is 0 Å². The molecular formula is C14H23N. The highest BCUT2D eigenvalue weighted by Crippen LogP contribution is 2.17. The fraction of sp³-hybridized carbons (Fsp3) is 0.571. The Hall–Kier alpha value is -0.820. The number of hydrogen-bond acceptors (Lipinski definition) is 1. The molecule has 0 bridgehead atoms. The fourth-order valence-corrected chi connectivity index (χ4v) is 2.19. The highest BCUT2D eigenvalue weighted by atomic mass is 14.6. The van der Waals surface area contributed by atoms with Gasteiger partial charge in [0.05, 0.1) is 0 Å². The molecule has 0 aliphatic rings. The van der Waals surface area contributed by atoms with Crippen LogP contribution in [0.4, 0.5) is 0 Å². The minimum Gasteiger partial charge on any atom is -0.328 e. The average molecular weight is 205 g/mol. The van der Waals surface area contributed by atoms with Crippen molar-refractivity contribution in [2.45, 2.75) is 46.6 Å². The number of hydrogen-bond donors (Lipinski definition) is 1. The van der Waals surface area contributed by atoms with Crippen LogP contribution in [0, 0.1) is 19.8 Å². The fourth-order valence-electron chi connectivity index (χ4n) is 2.19. The van der Waals surface area contributed by atoms with E-state index in [0.717, 1.165) is 12.8 Å². The van der Waals surface area contributed by atoms with E-state index in [4.69, 9.17) is 5.73 Å². The van der Waals surface area contributed by atoms with Crippen LogP contribution in [0.25, 0.3) is 0 Å². The molecule has 0 radical (unpaired) electrons. The second kappa shape index (κ2) is 5.32. The Morgan fingerprint density at radius 2 is 1.67 bits per heavy atom. The van der Waals surface area contributed by atoms with Crippen molar-refractivity contribution in [3.63, 3.8) is 0 Å². The van der Waals surface area contributed by atoms with E-state index in [1.165, 1.54) is 16.7 Å². The van der Waals surface area contributed by atoms with Gasteiger partial charge in [0.25, 0.3) is 0 Å². The van der Waals surface area contributed by atoms with Gasteiger partial charge in [-0.25, -0.2) is 0 Å². The van der Waals surface area contributed by atoms with Crippen molar-refractivity contribution >= 4 is 0 Å². The van der Waals surface area contributed by atoms with E-state index in [2.05, 4.69) is 45.9 Å². The zero-order valence-corrected chi connectivity index (χ0v) is 10.4. The zero-order valence-electron chi connectivity index (χ0n) is 10.4. The first-order valence-electron chi connectivity index (χ1n) is 5.85. The number of rotatable bonds is 4. The van der Waals surface area contributed by atoms with Crippen molar-refractivity contribution in [3.05, 3.63) is 34.9 Å². The summed E-state index contributed by atoms with van der Waals surface area (Å²) in [6.45, 7) is 8.64. The van der Waals surface area contributed by atoms with Crippen LogP contribution in [-0.2, 0) is 6.42 Å². The normalized spacial score (nSPS) is 15.0. The van der Waals surface area contributed by atoms with Gasteiger partial charge in [-0.05, 0) is 38.7 Å². The van der Waals surface area contributed by atoms with Crippen LogP contribution in [0.15, 0.2) is 18.2 Å². The van der Waals surface area contributed by atoms with Gasteiger partial charge in [-0.2, -0.15) is 0 Å². The molecule has 1 aromatic carbocycles. The van der Waals surface area contributed by atoms with E-state index in [0.29, 0.717) is 5.92 Å². The highest BCUT2D eigenvalue weighted by molar-refractivity contribution is 5.28. The smallest absolute Gasteiger partial charge is 0.00418 e. The van der Waals surface area contributed by atoms with Gasteiger partial charge in [0, 0.05) is 6.04 Å². The van der Waals surface area contributed by atoms with Crippen LogP contribution in [-0.4, -0.2) is 6.04 Å². The van der Waals surface area contributed by atoms with Crippen molar-refractivity contribution in [2.24, 2.45) is 11.7 Å². The van der Waals surface area contributed by atoms with Crippen molar-refractivity contribution in [3.8, 4) is 0 Å². The maximum atomic E-state index is 5.97. The molecule has 15 heavy (non-hydrogen) atoms. The topological polar surface area (TPSA) is 26.0 Å².